The number of methoxy groups -OCH3 is 1. The van der Waals surface area contributed by atoms with Gasteiger partial charge in [-0.15, -0.1) is 5.10 Å². The van der Waals surface area contributed by atoms with E-state index >= 15 is 0 Å². The van der Waals surface area contributed by atoms with Crippen molar-refractivity contribution >= 4 is 5.65 Å². The first-order chi connectivity index (χ1) is 11.3. The van der Waals surface area contributed by atoms with Gasteiger partial charge in [0, 0.05) is 5.56 Å². The Hall–Kier alpha value is -2.94. The van der Waals surface area contributed by atoms with Crippen LogP contribution in [-0.4, -0.2) is 27.2 Å². The lowest BCUT2D eigenvalue weighted by molar-refractivity contribution is 0.415. The average Bonchev–Trinajstić information content (AvgIpc) is 3.10. The molecule has 0 unspecified atom stereocenters. The molecular formula is C17H15N5O. The molecule has 0 saturated carbocycles. The zero-order chi connectivity index (χ0) is 15.8. The molecular weight excluding hydrogens is 290 g/mol. The van der Waals surface area contributed by atoms with Crippen LogP contribution in [0.25, 0.3) is 16.8 Å². The molecule has 0 radical (unpaired) electrons. The fourth-order valence-electron chi connectivity index (χ4n) is 3.36. The van der Waals surface area contributed by atoms with Crippen LogP contribution < -0.4 is 4.74 Å². The zero-order valence-electron chi connectivity index (χ0n) is 12.8. The van der Waals surface area contributed by atoms with Gasteiger partial charge in [-0.25, -0.2) is 0 Å². The fourth-order valence-corrected chi connectivity index (χ4v) is 3.36. The van der Waals surface area contributed by atoms with Gasteiger partial charge in [0.1, 0.15) is 17.4 Å². The van der Waals surface area contributed by atoms with Crippen molar-refractivity contribution in [3.05, 3.63) is 41.1 Å². The molecule has 4 rings (SSSR count). The largest absolute Gasteiger partial charge is 0.497 e. The van der Waals surface area contributed by atoms with Gasteiger partial charge in [-0.1, -0.05) is 12.1 Å². The minimum Gasteiger partial charge on any atom is -0.497 e. The first kappa shape index (κ1) is 13.7. The van der Waals surface area contributed by atoms with E-state index in [1.165, 1.54) is 5.56 Å². The predicted octanol–water partition coefficient (Wildman–Crippen LogP) is 2.55. The van der Waals surface area contributed by atoms with Gasteiger partial charge in [0.15, 0.2) is 5.65 Å². The van der Waals surface area contributed by atoms with Crippen molar-refractivity contribution in [3.8, 4) is 22.9 Å². The lowest BCUT2D eigenvalue weighted by Gasteiger charge is -2.21. The molecule has 0 spiro atoms. The minimum absolute atomic E-state index is 0.541. The number of nitriles is 1. The molecule has 0 amide bonds. The molecule has 1 aliphatic carbocycles. The minimum atomic E-state index is 0.541. The number of pyridine rings is 1. The van der Waals surface area contributed by atoms with E-state index in [0.29, 0.717) is 11.2 Å². The van der Waals surface area contributed by atoms with Crippen LogP contribution in [0.2, 0.25) is 0 Å². The smallest absolute Gasteiger partial charge is 0.197 e. The van der Waals surface area contributed by atoms with Gasteiger partial charge >= 0.3 is 0 Å². The van der Waals surface area contributed by atoms with E-state index < -0.39 is 0 Å². The number of rotatable bonds is 2. The number of tetrazole rings is 1. The Morgan fingerprint density at radius 2 is 1.96 bits per heavy atom. The highest BCUT2D eigenvalue weighted by atomic mass is 16.5. The third-order valence-corrected chi connectivity index (χ3v) is 4.43. The van der Waals surface area contributed by atoms with Crippen LogP contribution >= 0.6 is 0 Å². The molecule has 6 heteroatoms. The van der Waals surface area contributed by atoms with Gasteiger partial charge in [-0.3, -0.25) is 0 Å². The van der Waals surface area contributed by atoms with Crippen LogP contribution in [0.1, 0.15) is 29.7 Å². The monoisotopic (exact) mass is 305 g/mol. The third kappa shape index (κ3) is 2.05. The number of aryl methyl sites for hydroxylation is 1. The third-order valence-electron chi connectivity index (χ3n) is 4.43. The summed E-state index contributed by atoms with van der Waals surface area (Å²) in [6, 6.07) is 10.1. The molecule has 0 saturated heterocycles. The van der Waals surface area contributed by atoms with Crippen molar-refractivity contribution < 1.29 is 4.74 Å². The first-order valence-corrected chi connectivity index (χ1v) is 7.64. The molecule has 3 aromatic rings. The Morgan fingerprint density at radius 1 is 1.17 bits per heavy atom. The van der Waals surface area contributed by atoms with Gasteiger partial charge in [0.2, 0.25) is 0 Å². The fraction of sp³-hybridized carbons (Fsp3) is 0.294. The molecule has 0 atom stereocenters. The molecule has 2 aromatic heterocycles. The second-order valence-corrected chi connectivity index (χ2v) is 5.64. The van der Waals surface area contributed by atoms with E-state index in [2.05, 4.69) is 21.6 Å². The summed E-state index contributed by atoms with van der Waals surface area (Å²) in [5, 5.41) is 21.6. The maximum absolute atomic E-state index is 9.71. The Labute approximate surface area is 133 Å². The normalized spacial score (nSPS) is 13.6. The summed E-state index contributed by atoms with van der Waals surface area (Å²) < 4.78 is 6.97. The van der Waals surface area contributed by atoms with Crippen LogP contribution in [0, 0.1) is 11.3 Å². The quantitative estimate of drug-likeness (QED) is 0.727. The summed E-state index contributed by atoms with van der Waals surface area (Å²) in [5.74, 6) is 0.798. The second kappa shape index (κ2) is 5.36. The van der Waals surface area contributed by atoms with Crippen LogP contribution in [0.3, 0.4) is 0 Å². The molecule has 0 aliphatic heterocycles. The number of benzene rings is 1. The maximum Gasteiger partial charge on any atom is 0.197 e. The highest BCUT2D eigenvalue weighted by Crippen LogP contribution is 2.36. The van der Waals surface area contributed by atoms with Crippen molar-refractivity contribution in [3.63, 3.8) is 0 Å². The summed E-state index contributed by atoms with van der Waals surface area (Å²) in [4.78, 5) is 0. The lowest BCUT2D eigenvalue weighted by atomic mass is 9.86. The van der Waals surface area contributed by atoms with E-state index in [4.69, 9.17) is 4.74 Å². The number of ether oxygens (including phenoxy) is 1. The Kier molecular flexibility index (Phi) is 3.19. The topological polar surface area (TPSA) is 76.1 Å². The molecule has 114 valence electrons. The summed E-state index contributed by atoms with van der Waals surface area (Å²) in [6.45, 7) is 0. The Morgan fingerprint density at radius 3 is 2.70 bits per heavy atom. The number of hydrogen-bond acceptors (Lipinski definition) is 5. The second-order valence-electron chi connectivity index (χ2n) is 5.64. The summed E-state index contributed by atoms with van der Waals surface area (Å²) in [7, 11) is 1.64. The molecule has 23 heavy (non-hydrogen) atoms. The summed E-state index contributed by atoms with van der Waals surface area (Å²) >= 11 is 0. The molecule has 6 nitrogen and oxygen atoms in total. The molecule has 0 fully saturated rings. The van der Waals surface area contributed by atoms with Crippen molar-refractivity contribution in [2.24, 2.45) is 0 Å². The molecule has 0 bridgehead atoms. The van der Waals surface area contributed by atoms with Gasteiger partial charge in [0.05, 0.1) is 12.8 Å². The number of fused-ring (bicyclic) bond motifs is 3. The number of aromatic nitrogens is 4. The van der Waals surface area contributed by atoms with Crippen molar-refractivity contribution in [2.75, 3.05) is 7.11 Å². The summed E-state index contributed by atoms with van der Waals surface area (Å²) in [6.07, 6.45) is 4.12. The highest BCUT2D eigenvalue weighted by molar-refractivity contribution is 5.81. The number of hydrogen-bond donors (Lipinski definition) is 0. The highest BCUT2D eigenvalue weighted by Gasteiger charge is 2.24. The van der Waals surface area contributed by atoms with Crippen molar-refractivity contribution in [1.29, 1.82) is 5.26 Å². The van der Waals surface area contributed by atoms with Gasteiger partial charge in [0.25, 0.3) is 0 Å². The van der Waals surface area contributed by atoms with E-state index in [1.54, 1.807) is 11.6 Å². The Bertz CT molecular complexity index is 921. The van der Waals surface area contributed by atoms with Crippen molar-refractivity contribution in [2.45, 2.75) is 25.7 Å². The zero-order valence-corrected chi connectivity index (χ0v) is 12.8. The molecule has 1 aromatic carbocycles. The number of nitrogens with zero attached hydrogens (tertiary/aromatic N) is 5. The predicted molar refractivity (Wildman–Crippen MR) is 84.1 cm³/mol. The van der Waals surface area contributed by atoms with Gasteiger partial charge in [-0.2, -0.15) is 9.78 Å². The van der Waals surface area contributed by atoms with E-state index in [9.17, 15) is 5.26 Å². The van der Waals surface area contributed by atoms with Crippen LogP contribution in [0.15, 0.2) is 24.3 Å². The standard InChI is InChI=1S/C17H15N5O/c1-23-12-8-6-11(7-9-12)16-13-4-2-3-5-15(13)22-17(14(16)10-18)19-20-21-22/h6-9H,2-5H2,1H3. The van der Waals surface area contributed by atoms with Gasteiger partial charge in [-0.05, 0) is 59.4 Å². The van der Waals surface area contributed by atoms with Crippen LogP contribution in [0.5, 0.6) is 5.75 Å². The molecule has 0 N–H and O–H groups in total. The SMILES string of the molecule is COc1ccc(-c2c3c(n4nnnc4c2C#N)CCCC3)cc1. The van der Waals surface area contributed by atoms with E-state index in [-0.39, 0.29) is 0 Å². The van der Waals surface area contributed by atoms with E-state index in [1.807, 2.05) is 24.3 Å². The first-order valence-electron chi connectivity index (χ1n) is 7.64. The molecule has 1 aliphatic rings. The molecule has 2 heterocycles. The van der Waals surface area contributed by atoms with Crippen LogP contribution in [-0.2, 0) is 12.8 Å². The average molecular weight is 305 g/mol. The lowest BCUT2D eigenvalue weighted by Crippen LogP contribution is -2.13. The Balaban J connectivity index is 2.05. The van der Waals surface area contributed by atoms with Gasteiger partial charge < -0.3 is 4.74 Å². The maximum atomic E-state index is 9.71. The van der Waals surface area contributed by atoms with E-state index in [0.717, 1.165) is 48.3 Å². The summed E-state index contributed by atoms with van der Waals surface area (Å²) in [5.41, 5.74) is 5.37. The van der Waals surface area contributed by atoms with Crippen LogP contribution in [0.4, 0.5) is 0 Å². The van der Waals surface area contributed by atoms with Crippen molar-refractivity contribution in [1.82, 2.24) is 20.0 Å².